The van der Waals surface area contributed by atoms with Gasteiger partial charge in [-0.2, -0.15) is 0 Å². The molecule has 0 amide bonds. The minimum atomic E-state index is 0.452. The first-order valence-electron chi connectivity index (χ1n) is 8.11. The third kappa shape index (κ3) is 3.50. The largest absolute Gasteiger partial charge is 0.379 e. The van der Waals surface area contributed by atoms with E-state index in [-0.39, 0.29) is 0 Å². The third-order valence-electron chi connectivity index (χ3n) is 4.77. The number of hydrogen-bond donors (Lipinski definition) is 1. The van der Waals surface area contributed by atoms with Gasteiger partial charge in [-0.05, 0) is 31.7 Å². The van der Waals surface area contributed by atoms with Crippen LogP contribution < -0.4 is 5.32 Å². The zero-order chi connectivity index (χ0) is 13.7. The Morgan fingerprint density at radius 3 is 2.58 bits per heavy atom. The van der Waals surface area contributed by atoms with Crippen LogP contribution in [0.1, 0.15) is 52.9 Å². The van der Waals surface area contributed by atoms with E-state index in [2.05, 4.69) is 26.1 Å². The molecule has 2 atom stereocenters. The summed E-state index contributed by atoms with van der Waals surface area (Å²) in [6, 6.07) is 0.696. The molecule has 0 heterocycles. The molecule has 0 aromatic heterocycles. The molecule has 19 heavy (non-hydrogen) atoms. The van der Waals surface area contributed by atoms with Crippen LogP contribution in [-0.2, 0) is 9.47 Å². The van der Waals surface area contributed by atoms with Crippen LogP contribution in [-0.4, -0.2) is 38.5 Å². The highest BCUT2D eigenvalue weighted by Gasteiger charge is 2.56. The Balaban J connectivity index is 1.69. The van der Waals surface area contributed by atoms with E-state index in [0.29, 0.717) is 23.5 Å². The Hall–Kier alpha value is -0.120. The van der Waals surface area contributed by atoms with Crippen molar-refractivity contribution >= 4 is 0 Å². The maximum absolute atomic E-state index is 6.11. The van der Waals surface area contributed by atoms with Gasteiger partial charge >= 0.3 is 0 Å². The molecular formula is C16H31NO2. The topological polar surface area (TPSA) is 30.5 Å². The predicted octanol–water partition coefficient (Wildman–Crippen LogP) is 2.99. The van der Waals surface area contributed by atoms with Gasteiger partial charge in [0.2, 0.25) is 0 Å². The molecule has 1 N–H and O–H groups in total. The van der Waals surface area contributed by atoms with E-state index in [9.17, 15) is 0 Å². The van der Waals surface area contributed by atoms with Gasteiger partial charge in [0, 0.05) is 18.1 Å². The van der Waals surface area contributed by atoms with Gasteiger partial charge in [-0.1, -0.05) is 33.6 Å². The molecule has 2 saturated carbocycles. The predicted molar refractivity (Wildman–Crippen MR) is 78.4 cm³/mol. The molecule has 2 unspecified atom stereocenters. The molecule has 0 aromatic carbocycles. The third-order valence-corrected chi connectivity index (χ3v) is 4.77. The summed E-state index contributed by atoms with van der Waals surface area (Å²) >= 11 is 0. The lowest BCUT2D eigenvalue weighted by atomic mass is 9.60. The zero-order valence-corrected chi connectivity index (χ0v) is 12.9. The van der Waals surface area contributed by atoms with E-state index in [4.69, 9.17) is 9.47 Å². The van der Waals surface area contributed by atoms with Crippen molar-refractivity contribution < 1.29 is 9.47 Å². The molecule has 0 saturated heterocycles. The van der Waals surface area contributed by atoms with E-state index >= 15 is 0 Å². The molecule has 3 heteroatoms. The summed E-state index contributed by atoms with van der Waals surface area (Å²) in [6.07, 6.45) is 7.13. The van der Waals surface area contributed by atoms with Crippen LogP contribution >= 0.6 is 0 Å². The molecule has 112 valence electrons. The molecule has 3 nitrogen and oxygen atoms in total. The van der Waals surface area contributed by atoms with Gasteiger partial charge < -0.3 is 14.8 Å². The van der Waals surface area contributed by atoms with Crippen LogP contribution in [0.4, 0.5) is 0 Å². The minimum absolute atomic E-state index is 0.452. The summed E-state index contributed by atoms with van der Waals surface area (Å²) in [7, 11) is 0. The molecule has 0 radical (unpaired) electrons. The fourth-order valence-corrected chi connectivity index (χ4v) is 3.79. The smallest absolute Gasteiger partial charge is 0.0704 e. The van der Waals surface area contributed by atoms with Gasteiger partial charge in [-0.25, -0.2) is 0 Å². The fraction of sp³-hybridized carbons (Fsp3) is 1.00. The first kappa shape index (κ1) is 15.3. The molecule has 2 aliphatic rings. The van der Waals surface area contributed by atoms with Crippen molar-refractivity contribution in [2.75, 3.05) is 26.4 Å². The fourth-order valence-electron chi connectivity index (χ4n) is 3.79. The van der Waals surface area contributed by atoms with Crippen LogP contribution in [0.5, 0.6) is 0 Å². The Morgan fingerprint density at radius 2 is 1.95 bits per heavy atom. The van der Waals surface area contributed by atoms with Gasteiger partial charge in [0.1, 0.15) is 0 Å². The number of ether oxygens (including phenoxy) is 2. The molecular weight excluding hydrogens is 238 g/mol. The molecule has 0 bridgehead atoms. The summed E-state index contributed by atoms with van der Waals surface area (Å²) in [6.45, 7) is 10.0. The van der Waals surface area contributed by atoms with E-state index in [1.165, 1.54) is 32.1 Å². The second kappa shape index (κ2) is 7.05. The first-order chi connectivity index (χ1) is 9.19. The lowest BCUT2D eigenvalue weighted by Crippen LogP contribution is -2.62. The van der Waals surface area contributed by atoms with Crippen molar-refractivity contribution in [3.8, 4) is 0 Å². The lowest BCUT2D eigenvalue weighted by molar-refractivity contribution is -0.141. The van der Waals surface area contributed by atoms with Gasteiger partial charge in [-0.15, -0.1) is 0 Å². The second-order valence-electron chi connectivity index (χ2n) is 6.61. The van der Waals surface area contributed by atoms with Gasteiger partial charge in [0.25, 0.3) is 0 Å². The molecule has 0 aliphatic heterocycles. The molecule has 2 aliphatic carbocycles. The maximum Gasteiger partial charge on any atom is 0.0704 e. The van der Waals surface area contributed by atoms with Gasteiger partial charge in [-0.3, -0.25) is 0 Å². The molecule has 1 spiro atoms. The average molecular weight is 269 g/mol. The van der Waals surface area contributed by atoms with E-state index in [1.807, 2.05) is 0 Å². The summed E-state index contributed by atoms with van der Waals surface area (Å²) in [5.74, 6) is 0.614. The van der Waals surface area contributed by atoms with Crippen molar-refractivity contribution in [1.82, 2.24) is 5.32 Å². The van der Waals surface area contributed by atoms with Gasteiger partial charge in [0.15, 0.2) is 0 Å². The zero-order valence-electron chi connectivity index (χ0n) is 12.9. The number of nitrogens with one attached hydrogen (secondary N) is 1. The molecule has 2 fully saturated rings. The number of rotatable bonds is 8. The average Bonchev–Trinajstić information content (AvgIpc) is 2.88. The standard InChI is InChI=1S/C16H31NO2/c1-4-17-14-11-15(16(14)7-5-6-8-16)19-10-9-18-12-13(2)3/h13-15,17H,4-12H2,1-3H3. The maximum atomic E-state index is 6.11. The van der Waals surface area contributed by atoms with Crippen molar-refractivity contribution in [1.29, 1.82) is 0 Å². The van der Waals surface area contributed by atoms with Crippen molar-refractivity contribution in [2.24, 2.45) is 11.3 Å². The van der Waals surface area contributed by atoms with Crippen LogP contribution in [0.25, 0.3) is 0 Å². The summed E-state index contributed by atoms with van der Waals surface area (Å²) in [4.78, 5) is 0. The highest BCUT2D eigenvalue weighted by Crippen LogP contribution is 2.54. The summed E-state index contributed by atoms with van der Waals surface area (Å²) in [5.41, 5.74) is 0.452. The van der Waals surface area contributed by atoms with Crippen molar-refractivity contribution in [3.05, 3.63) is 0 Å². The van der Waals surface area contributed by atoms with Crippen LogP contribution in [0.3, 0.4) is 0 Å². The molecule has 2 rings (SSSR count). The quantitative estimate of drug-likeness (QED) is 0.687. The second-order valence-corrected chi connectivity index (χ2v) is 6.61. The lowest BCUT2D eigenvalue weighted by Gasteiger charge is -2.54. The highest BCUT2D eigenvalue weighted by atomic mass is 16.5. The Morgan fingerprint density at radius 1 is 1.21 bits per heavy atom. The van der Waals surface area contributed by atoms with Crippen LogP contribution in [0.15, 0.2) is 0 Å². The first-order valence-corrected chi connectivity index (χ1v) is 8.11. The van der Waals surface area contributed by atoms with Crippen molar-refractivity contribution in [3.63, 3.8) is 0 Å². The monoisotopic (exact) mass is 269 g/mol. The van der Waals surface area contributed by atoms with Gasteiger partial charge in [0.05, 0.1) is 19.3 Å². The van der Waals surface area contributed by atoms with Crippen LogP contribution in [0.2, 0.25) is 0 Å². The SMILES string of the molecule is CCNC1CC(OCCOCC(C)C)C12CCCC2. The molecule has 0 aromatic rings. The van der Waals surface area contributed by atoms with E-state index < -0.39 is 0 Å². The number of hydrogen-bond acceptors (Lipinski definition) is 3. The Labute approximate surface area is 118 Å². The highest BCUT2D eigenvalue weighted by molar-refractivity contribution is 5.09. The Kier molecular flexibility index (Phi) is 5.67. The van der Waals surface area contributed by atoms with E-state index in [0.717, 1.165) is 26.4 Å². The van der Waals surface area contributed by atoms with Crippen molar-refractivity contribution in [2.45, 2.75) is 65.0 Å². The van der Waals surface area contributed by atoms with Crippen LogP contribution in [0, 0.1) is 11.3 Å². The minimum Gasteiger partial charge on any atom is -0.379 e. The summed E-state index contributed by atoms with van der Waals surface area (Å²) < 4.78 is 11.7. The Bertz CT molecular complexity index is 261. The van der Waals surface area contributed by atoms with E-state index in [1.54, 1.807) is 0 Å². The summed E-state index contributed by atoms with van der Waals surface area (Å²) in [5, 5.41) is 3.65. The normalized spacial score (nSPS) is 29.1.